The van der Waals surface area contributed by atoms with Crippen LogP contribution in [0.1, 0.15) is 16.7 Å². The van der Waals surface area contributed by atoms with Crippen LogP contribution in [0.4, 0.5) is 11.4 Å². The standard InChI is InChI=1S/C15H17ClN2O2S/c1-9-4-5-12(6-10(9)2)18-21(19,20)15-8-14(17)11(3)7-13(15)16/h4-8,18H,17H2,1-3H3. The Hall–Kier alpha value is -1.72. The van der Waals surface area contributed by atoms with Crippen LogP contribution in [0, 0.1) is 20.8 Å². The van der Waals surface area contributed by atoms with Crippen LogP contribution < -0.4 is 10.5 Å². The molecule has 2 rings (SSSR count). The highest BCUT2D eigenvalue weighted by atomic mass is 35.5. The van der Waals surface area contributed by atoms with Gasteiger partial charge in [0.2, 0.25) is 0 Å². The number of halogens is 1. The van der Waals surface area contributed by atoms with Crippen LogP contribution in [0.15, 0.2) is 35.2 Å². The molecule has 0 spiro atoms. The molecule has 0 fully saturated rings. The highest BCUT2D eigenvalue weighted by molar-refractivity contribution is 7.92. The zero-order valence-corrected chi connectivity index (χ0v) is 13.6. The molecule has 0 bridgehead atoms. The van der Waals surface area contributed by atoms with E-state index in [4.69, 9.17) is 17.3 Å². The second-order valence-electron chi connectivity index (χ2n) is 5.04. The summed E-state index contributed by atoms with van der Waals surface area (Å²) in [6.07, 6.45) is 0. The number of benzene rings is 2. The number of aryl methyl sites for hydroxylation is 3. The largest absolute Gasteiger partial charge is 0.398 e. The van der Waals surface area contributed by atoms with E-state index >= 15 is 0 Å². The molecule has 0 aromatic heterocycles. The van der Waals surface area contributed by atoms with Crippen molar-refractivity contribution in [3.63, 3.8) is 0 Å². The summed E-state index contributed by atoms with van der Waals surface area (Å²) in [6, 6.07) is 8.27. The first-order chi connectivity index (χ1) is 9.70. The van der Waals surface area contributed by atoms with Crippen molar-refractivity contribution >= 4 is 33.0 Å². The molecule has 4 nitrogen and oxygen atoms in total. The Morgan fingerprint density at radius 1 is 1.00 bits per heavy atom. The zero-order chi connectivity index (χ0) is 15.8. The fraction of sp³-hybridized carbons (Fsp3) is 0.200. The monoisotopic (exact) mass is 324 g/mol. The number of nitrogens with one attached hydrogen (secondary N) is 1. The Labute approximate surface area is 130 Å². The first kappa shape index (κ1) is 15.7. The van der Waals surface area contributed by atoms with Crippen LogP contribution in [0.5, 0.6) is 0 Å². The number of rotatable bonds is 3. The molecular weight excluding hydrogens is 308 g/mol. The smallest absolute Gasteiger partial charge is 0.263 e. The Kier molecular flexibility index (Phi) is 4.16. The molecule has 0 unspecified atom stereocenters. The second kappa shape index (κ2) is 5.58. The van der Waals surface area contributed by atoms with Gasteiger partial charge in [0.15, 0.2) is 0 Å². The van der Waals surface area contributed by atoms with Crippen LogP contribution in [0.2, 0.25) is 5.02 Å². The third-order valence-electron chi connectivity index (χ3n) is 3.37. The Bertz CT molecular complexity index is 802. The molecule has 0 saturated carbocycles. The van der Waals surface area contributed by atoms with Gasteiger partial charge >= 0.3 is 0 Å². The minimum absolute atomic E-state index is 0.0227. The summed E-state index contributed by atoms with van der Waals surface area (Å²) in [5.41, 5.74) is 9.49. The molecule has 0 aliphatic rings. The van der Waals surface area contributed by atoms with Crippen molar-refractivity contribution in [3.05, 3.63) is 52.0 Å². The molecule has 0 aliphatic carbocycles. The summed E-state index contributed by atoms with van der Waals surface area (Å²) in [7, 11) is -3.77. The predicted molar refractivity (Wildman–Crippen MR) is 87.3 cm³/mol. The first-order valence-corrected chi connectivity index (χ1v) is 8.22. The molecule has 3 N–H and O–H groups in total. The number of sulfonamides is 1. The van der Waals surface area contributed by atoms with E-state index in [-0.39, 0.29) is 9.92 Å². The molecule has 0 aliphatic heterocycles. The minimum atomic E-state index is -3.77. The lowest BCUT2D eigenvalue weighted by atomic mass is 10.1. The topological polar surface area (TPSA) is 72.2 Å². The van der Waals surface area contributed by atoms with Gasteiger partial charge in [-0.05, 0) is 61.7 Å². The van der Waals surface area contributed by atoms with Gasteiger partial charge in [-0.3, -0.25) is 4.72 Å². The fourth-order valence-electron chi connectivity index (χ4n) is 1.89. The maximum absolute atomic E-state index is 12.4. The number of hydrogen-bond acceptors (Lipinski definition) is 3. The predicted octanol–water partition coefficient (Wildman–Crippen LogP) is 3.65. The van der Waals surface area contributed by atoms with Gasteiger partial charge in [-0.1, -0.05) is 17.7 Å². The highest BCUT2D eigenvalue weighted by Crippen LogP contribution is 2.28. The summed E-state index contributed by atoms with van der Waals surface area (Å²) in [5, 5.41) is 0.151. The average Bonchev–Trinajstić information content (AvgIpc) is 2.37. The summed E-state index contributed by atoms with van der Waals surface area (Å²) in [4.78, 5) is -0.0227. The molecule has 2 aromatic carbocycles. The van der Waals surface area contributed by atoms with Gasteiger partial charge in [-0.25, -0.2) is 8.42 Å². The van der Waals surface area contributed by atoms with Crippen LogP contribution >= 0.6 is 11.6 Å². The van der Waals surface area contributed by atoms with Crippen molar-refractivity contribution < 1.29 is 8.42 Å². The maximum atomic E-state index is 12.4. The number of anilines is 2. The lowest BCUT2D eigenvalue weighted by Gasteiger charge is -2.12. The summed E-state index contributed by atoms with van der Waals surface area (Å²) < 4.78 is 27.4. The van der Waals surface area contributed by atoms with Gasteiger partial charge in [-0.15, -0.1) is 0 Å². The molecule has 0 atom stereocenters. The molecule has 0 heterocycles. The van der Waals surface area contributed by atoms with Gasteiger partial charge in [0.25, 0.3) is 10.0 Å². The van der Waals surface area contributed by atoms with Crippen molar-refractivity contribution in [1.29, 1.82) is 0 Å². The van der Waals surface area contributed by atoms with Gasteiger partial charge < -0.3 is 5.73 Å². The van der Waals surface area contributed by atoms with E-state index in [0.29, 0.717) is 11.4 Å². The van der Waals surface area contributed by atoms with Gasteiger partial charge in [-0.2, -0.15) is 0 Å². The molecule has 0 radical (unpaired) electrons. The van der Waals surface area contributed by atoms with E-state index in [1.807, 2.05) is 19.9 Å². The number of nitrogens with two attached hydrogens (primary N) is 1. The minimum Gasteiger partial charge on any atom is -0.398 e. The number of hydrogen-bond donors (Lipinski definition) is 2. The van der Waals surface area contributed by atoms with Gasteiger partial charge in [0.1, 0.15) is 4.90 Å². The van der Waals surface area contributed by atoms with Crippen LogP contribution in [0.3, 0.4) is 0 Å². The fourth-order valence-corrected chi connectivity index (χ4v) is 3.56. The first-order valence-electron chi connectivity index (χ1n) is 6.36. The van der Waals surface area contributed by atoms with Gasteiger partial charge in [0.05, 0.1) is 5.02 Å². The lowest BCUT2D eigenvalue weighted by Crippen LogP contribution is -2.14. The third kappa shape index (κ3) is 3.31. The third-order valence-corrected chi connectivity index (χ3v) is 5.22. The van der Waals surface area contributed by atoms with Crippen molar-refractivity contribution in [3.8, 4) is 0 Å². The Balaban J connectivity index is 2.43. The van der Waals surface area contributed by atoms with Crippen LogP contribution in [-0.2, 0) is 10.0 Å². The van der Waals surface area contributed by atoms with Crippen molar-refractivity contribution in [2.75, 3.05) is 10.5 Å². The summed E-state index contributed by atoms with van der Waals surface area (Å²) >= 11 is 6.03. The normalized spacial score (nSPS) is 11.4. The van der Waals surface area contributed by atoms with Gasteiger partial charge in [0, 0.05) is 11.4 Å². The molecule has 0 saturated heterocycles. The van der Waals surface area contributed by atoms with E-state index in [1.54, 1.807) is 25.1 Å². The summed E-state index contributed by atoms with van der Waals surface area (Å²) in [5.74, 6) is 0. The highest BCUT2D eigenvalue weighted by Gasteiger charge is 2.19. The van der Waals surface area contributed by atoms with Crippen LogP contribution in [-0.4, -0.2) is 8.42 Å². The lowest BCUT2D eigenvalue weighted by molar-refractivity contribution is 0.601. The summed E-state index contributed by atoms with van der Waals surface area (Å²) in [6.45, 7) is 5.66. The van der Waals surface area contributed by atoms with Crippen molar-refractivity contribution in [2.24, 2.45) is 0 Å². The molecule has 2 aromatic rings. The average molecular weight is 325 g/mol. The molecule has 112 valence electrons. The van der Waals surface area contributed by atoms with Crippen molar-refractivity contribution in [2.45, 2.75) is 25.7 Å². The molecular formula is C15H17ClN2O2S. The molecule has 6 heteroatoms. The quantitative estimate of drug-likeness (QED) is 0.846. The van der Waals surface area contributed by atoms with E-state index in [9.17, 15) is 8.42 Å². The second-order valence-corrected chi connectivity index (χ2v) is 7.10. The maximum Gasteiger partial charge on any atom is 0.263 e. The number of nitrogen functional groups attached to an aromatic ring is 1. The zero-order valence-electron chi connectivity index (χ0n) is 12.1. The molecule has 0 amide bonds. The van der Waals surface area contributed by atoms with E-state index in [1.165, 1.54) is 6.07 Å². The SMILES string of the molecule is Cc1ccc(NS(=O)(=O)c2cc(N)c(C)cc2Cl)cc1C. The van der Waals surface area contributed by atoms with E-state index in [0.717, 1.165) is 16.7 Å². The van der Waals surface area contributed by atoms with E-state index < -0.39 is 10.0 Å². The molecule has 21 heavy (non-hydrogen) atoms. The van der Waals surface area contributed by atoms with Crippen molar-refractivity contribution in [1.82, 2.24) is 0 Å². The Morgan fingerprint density at radius 2 is 1.67 bits per heavy atom. The van der Waals surface area contributed by atoms with E-state index in [2.05, 4.69) is 4.72 Å². The van der Waals surface area contributed by atoms with Crippen LogP contribution in [0.25, 0.3) is 0 Å². The Morgan fingerprint density at radius 3 is 2.29 bits per heavy atom.